The van der Waals surface area contributed by atoms with Gasteiger partial charge >= 0.3 is 17.9 Å². The molecule has 7 aromatic rings. The number of carbonyl (C=O) groups excluding carboxylic acids is 3. The number of carbonyl (C=O) groups is 3. The van der Waals surface area contributed by atoms with Gasteiger partial charge in [0.1, 0.15) is 30.5 Å². The van der Waals surface area contributed by atoms with E-state index in [1.165, 1.54) is 0 Å². The summed E-state index contributed by atoms with van der Waals surface area (Å²) in [5.74, 6) is -2.28. The summed E-state index contributed by atoms with van der Waals surface area (Å²) in [6.45, 7) is 0.0252. The molecule has 14 heteroatoms. The average molecular weight is 1020 g/mol. The maximum Gasteiger partial charge on any atom is 0.338 e. The number of aliphatic hydroxyl groups excluding tert-OH is 1. The number of ether oxygens (including phenoxy) is 10. The second kappa shape index (κ2) is 26.7. The van der Waals surface area contributed by atoms with E-state index in [-0.39, 0.29) is 50.8 Å². The predicted molar refractivity (Wildman–Crippen MR) is 274 cm³/mol. The molecule has 10 atom stereocenters. The molecule has 0 radical (unpaired) electrons. The summed E-state index contributed by atoms with van der Waals surface area (Å²) < 4.78 is 65.8. The maximum absolute atomic E-state index is 14.3. The van der Waals surface area contributed by atoms with E-state index < -0.39 is 79.3 Å². The first-order chi connectivity index (χ1) is 36.9. The fourth-order valence-electron chi connectivity index (χ4n) is 8.80. The smallest absolute Gasteiger partial charge is 0.338 e. The molecule has 386 valence electrons. The maximum atomic E-state index is 14.3. The van der Waals surface area contributed by atoms with Gasteiger partial charge in [-0.15, -0.1) is 0 Å². The van der Waals surface area contributed by atoms with Crippen LogP contribution < -0.4 is 0 Å². The molecule has 0 aliphatic carbocycles. The third-order valence-corrected chi connectivity index (χ3v) is 12.6. The minimum absolute atomic E-state index is 0.0156. The van der Waals surface area contributed by atoms with Crippen LogP contribution in [0.15, 0.2) is 212 Å². The molecule has 0 aromatic heterocycles. The van der Waals surface area contributed by atoms with E-state index >= 15 is 0 Å². The van der Waals surface area contributed by atoms with Crippen molar-refractivity contribution in [1.29, 1.82) is 0 Å². The number of aliphatic hydroxyl groups is 1. The normalized spacial score (nSPS) is 23.4. The zero-order valence-electron chi connectivity index (χ0n) is 41.0. The minimum atomic E-state index is -1.85. The first-order valence-corrected chi connectivity index (χ1v) is 24.8. The lowest BCUT2D eigenvalue weighted by atomic mass is 9.95. The van der Waals surface area contributed by atoms with Gasteiger partial charge in [0.05, 0.1) is 56.3 Å². The van der Waals surface area contributed by atoms with Gasteiger partial charge in [0.2, 0.25) is 0 Å². The Morgan fingerprint density at radius 1 is 0.360 bits per heavy atom. The van der Waals surface area contributed by atoms with Crippen molar-refractivity contribution in [3.05, 3.63) is 251 Å². The number of rotatable bonds is 22. The first-order valence-electron chi connectivity index (χ1n) is 24.8. The Hall–Kier alpha value is -7.37. The second-order valence-electron chi connectivity index (χ2n) is 17.9. The fourth-order valence-corrected chi connectivity index (χ4v) is 8.80. The van der Waals surface area contributed by atoms with E-state index in [1.54, 1.807) is 91.0 Å². The van der Waals surface area contributed by atoms with Crippen LogP contribution in [0.5, 0.6) is 0 Å². The molecule has 0 spiro atoms. The molecule has 2 fully saturated rings. The fraction of sp³-hybridized carbons (Fsp3) is 0.262. The largest absolute Gasteiger partial charge is 0.453 e. The van der Waals surface area contributed by atoms with Crippen molar-refractivity contribution < 1.29 is 66.9 Å². The summed E-state index contributed by atoms with van der Waals surface area (Å²) in [4.78, 5) is 42.5. The highest BCUT2D eigenvalue weighted by Crippen LogP contribution is 2.36. The topological polar surface area (TPSA) is 164 Å². The summed E-state index contributed by atoms with van der Waals surface area (Å²) in [5, 5.41) is 11.9. The van der Waals surface area contributed by atoms with Gasteiger partial charge < -0.3 is 52.5 Å². The quantitative estimate of drug-likeness (QED) is 0.0505. The van der Waals surface area contributed by atoms with Gasteiger partial charge in [0, 0.05) is 0 Å². The highest BCUT2D eigenvalue weighted by molar-refractivity contribution is 5.90. The lowest BCUT2D eigenvalue weighted by molar-refractivity contribution is -0.363. The van der Waals surface area contributed by atoms with Crippen LogP contribution in [-0.4, -0.2) is 97.6 Å². The summed E-state index contributed by atoms with van der Waals surface area (Å²) in [6.07, 6.45) is -13.8. The van der Waals surface area contributed by atoms with Crippen molar-refractivity contribution in [2.75, 3.05) is 13.2 Å². The van der Waals surface area contributed by atoms with Crippen LogP contribution in [-0.2, 0) is 73.8 Å². The lowest BCUT2D eigenvalue weighted by Crippen LogP contribution is -2.66. The monoisotopic (exact) mass is 1010 g/mol. The summed E-state index contributed by atoms with van der Waals surface area (Å²) in [5.41, 5.74) is 3.98. The van der Waals surface area contributed by atoms with Crippen LogP contribution in [0.4, 0.5) is 0 Å². The summed E-state index contributed by atoms with van der Waals surface area (Å²) in [7, 11) is 0. The molecule has 0 saturated carbocycles. The van der Waals surface area contributed by atoms with Gasteiger partial charge in [-0.05, 0) is 58.7 Å². The van der Waals surface area contributed by atoms with E-state index in [1.807, 2.05) is 121 Å². The Morgan fingerprint density at radius 2 is 0.693 bits per heavy atom. The molecule has 2 saturated heterocycles. The molecular formula is C61H58O14. The molecule has 9 rings (SSSR count). The summed E-state index contributed by atoms with van der Waals surface area (Å²) >= 11 is 0. The third-order valence-electron chi connectivity index (χ3n) is 12.6. The number of hydrogen-bond donors (Lipinski definition) is 1. The lowest BCUT2D eigenvalue weighted by Gasteiger charge is -2.49. The van der Waals surface area contributed by atoms with Crippen LogP contribution in [0.25, 0.3) is 0 Å². The number of benzene rings is 7. The molecule has 0 amide bonds. The van der Waals surface area contributed by atoms with Gasteiger partial charge in [-0.25, -0.2) is 14.4 Å². The molecule has 7 aromatic carbocycles. The Kier molecular flexibility index (Phi) is 18.7. The first kappa shape index (κ1) is 52.5. The number of hydrogen-bond acceptors (Lipinski definition) is 14. The second-order valence-corrected chi connectivity index (χ2v) is 17.9. The van der Waals surface area contributed by atoms with Crippen LogP contribution in [0, 0.1) is 0 Å². The molecule has 75 heavy (non-hydrogen) atoms. The average Bonchev–Trinajstić information content (AvgIpc) is 3.46. The van der Waals surface area contributed by atoms with Gasteiger partial charge in [-0.3, -0.25) is 0 Å². The minimum Gasteiger partial charge on any atom is -0.453 e. The summed E-state index contributed by atoms with van der Waals surface area (Å²) in [6, 6.07) is 63.0. The molecule has 2 aliphatic rings. The highest BCUT2D eigenvalue weighted by Gasteiger charge is 2.56. The van der Waals surface area contributed by atoms with Gasteiger partial charge in [0.25, 0.3) is 0 Å². The molecule has 14 nitrogen and oxygen atoms in total. The van der Waals surface area contributed by atoms with E-state index in [0.717, 1.165) is 22.3 Å². The standard InChI is InChI=1S/C61H58O14/c62-57(46-30-16-5-17-31-46)72-51-50(41-67-37-43-24-10-2-11-25-43)71-61(56(69-39-45-28-14-4-15-29-45)53(51)68-38-44-26-12-3-13-27-44)75-52-49(40-66-36-42-22-8-1-9-23-42)70-60(65)55(74-59(64)48-34-20-7-21-35-48)54(52)73-58(63)47-32-18-6-19-33-47/h1-35,49-56,60-61,65H,36-41H2/t49-,50-,51-,52-,53+,54+,55-,56+,60+,61+/m1/s1. The van der Waals surface area contributed by atoms with Crippen molar-refractivity contribution in [3.63, 3.8) is 0 Å². The zero-order valence-corrected chi connectivity index (χ0v) is 41.0. The number of esters is 3. The van der Waals surface area contributed by atoms with E-state index in [0.29, 0.717) is 5.56 Å². The third kappa shape index (κ3) is 14.5. The Balaban J connectivity index is 1.13. The van der Waals surface area contributed by atoms with Gasteiger partial charge in [-0.2, -0.15) is 0 Å². The molecule has 0 unspecified atom stereocenters. The van der Waals surface area contributed by atoms with Crippen LogP contribution >= 0.6 is 0 Å². The zero-order chi connectivity index (χ0) is 51.6. The van der Waals surface area contributed by atoms with Crippen LogP contribution in [0.1, 0.15) is 53.3 Å². The molecule has 2 heterocycles. The van der Waals surface area contributed by atoms with E-state index in [9.17, 15) is 19.5 Å². The Bertz CT molecular complexity index is 2810. The van der Waals surface area contributed by atoms with Crippen LogP contribution in [0.3, 0.4) is 0 Å². The molecular weight excluding hydrogens is 957 g/mol. The highest BCUT2D eigenvalue weighted by atomic mass is 16.8. The SMILES string of the molecule is O=C(O[C@@H]1[C@@H](OC(=O)c2ccccc2)[C@@H](O)O[C@H](COCc2ccccc2)[C@H]1O[C@@H]1O[C@H](COCc2ccccc2)[C@@H](OC(=O)c2ccccc2)[C@H](OCc2ccccc2)[C@@H]1OCc1ccccc1)c1ccccc1. The van der Waals surface area contributed by atoms with Crippen molar-refractivity contribution in [1.82, 2.24) is 0 Å². The molecule has 2 aliphatic heterocycles. The van der Waals surface area contributed by atoms with Crippen molar-refractivity contribution >= 4 is 17.9 Å². The van der Waals surface area contributed by atoms with Gasteiger partial charge in [-0.1, -0.05) is 176 Å². The Labute approximate surface area is 435 Å². The van der Waals surface area contributed by atoms with Gasteiger partial charge in [0.15, 0.2) is 30.9 Å². The molecule has 1 N–H and O–H groups in total. The van der Waals surface area contributed by atoms with Crippen molar-refractivity contribution in [2.24, 2.45) is 0 Å². The van der Waals surface area contributed by atoms with E-state index in [2.05, 4.69) is 0 Å². The predicted octanol–water partition coefficient (Wildman–Crippen LogP) is 9.09. The van der Waals surface area contributed by atoms with Crippen molar-refractivity contribution in [2.45, 2.75) is 87.8 Å². The van der Waals surface area contributed by atoms with Crippen molar-refractivity contribution in [3.8, 4) is 0 Å². The van der Waals surface area contributed by atoms with Crippen LogP contribution in [0.2, 0.25) is 0 Å². The van der Waals surface area contributed by atoms with E-state index in [4.69, 9.17) is 47.4 Å². The molecule has 0 bridgehead atoms. The Morgan fingerprint density at radius 3 is 1.11 bits per heavy atom.